The van der Waals surface area contributed by atoms with E-state index in [-0.39, 0.29) is 0 Å². The van der Waals surface area contributed by atoms with E-state index >= 15 is 0 Å². The number of benzene rings is 1. The standard InChI is InChI=1S/C7H7Cl2N.C4H4N2O4S/c1-10-5-2-3-6(8)7(9)4-5;7-3-1-2-4(6-5-3)11(8,9)10/h2-4,10H,1H3;1-2H,(H,5,7)(H,8,9,10). The van der Waals surface area contributed by atoms with Gasteiger partial charge in [-0.05, 0) is 24.3 Å². The Labute approximate surface area is 130 Å². The number of halogens is 2. The van der Waals surface area contributed by atoms with Crippen LogP contribution in [0.25, 0.3) is 0 Å². The molecule has 0 amide bonds. The fourth-order valence-corrected chi connectivity index (χ4v) is 1.83. The summed E-state index contributed by atoms with van der Waals surface area (Å²) in [5.74, 6) is 0. The number of aromatic nitrogens is 2. The molecule has 0 fully saturated rings. The average molecular weight is 352 g/mol. The summed E-state index contributed by atoms with van der Waals surface area (Å²) in [6.45, 7) is 0. The third-order valence-corrected chi connectivity index (χ3v) is 3.62. The monoisotopic (exact) mass is 351 g/mol. The Bertz CT molecular complexity index is 757. The molecule has 2 rings (SSSR count). The van der Waals surface area contributed by atoms with E-state index in [1.165, 1.54) is 0 Å². The first-order valence-electron chi connectivity index (χ1n) is 5.40. The summed E-state index contributed by atoms with van der Waals surface area (Å²) < 4.78 is 29.0. The molecule has 114 valence electrons. The molecule has 1 heterocycles. The molecule has 0 saturated heterocycles. The first-order valence-corrected chi connectivity index (χ1v) is 7.59. The van der Waals surface area contributed by atoms with Gasteiger partial charge in [0.25, 0.3) is 5.56 Å². The van der Waals surface area contributed by atoms with Crippen molar-refractivity contribution >= 4 is 39.0 Å². The average Bonchev–Trinajstić information content (AvgIpc) is 2.42. The lowest BCUT2D eigenvalue weighted by Crippen LogP contribution is -2.10. The van der Waals surface area contributed by atoms with Gasteiger partial charge in [0, 0.05) is 18.8 Å². The molecule has 0 aliphatic carbocycles. The van der Waals surface area contributed by atoms with Gasteiger partial charge in [0.2, 0.25) is 5.03 Å². The predicted molar refractivity (Wildman–Crippen MR) is 80.7 cm³/mol. The van der Waals surface area contributed by atoms with Crippen LogP contribution in [0.2, 0.25) is 10.0 Å². The molecule has 0 atom stereocenters. The van der Waals surface area contributed by atoms with Gasteiger partial charge >= 0.3 is 10.1 Å². The lowest BCUT2D eigenvalue weighted by Gasteiger charge is -2.00. The third kappa shape index (κ3) is 5.72. The second-order valence-corrected chi connectivity index (χ2v) is 5.80. The van der Waals surface area contributed by atoms with E-state index in [4.69, 9.17) is 27.8 Å². The van der Waals surface area contributed by atoms with Crippen LogP contribution in [0, 0.1) is 0 Å². The van der Waals surface area contributed by atoms with Crippen molar-refractivity contribution in [3.8, 4) is 0 Å². The minimum Gasteiger partial charge on any atom is -0.388 e. The fraction of sp³-hybridized carbons (Fsp3) is 0.0909. The van der Waals surface area contributed by atoms with Gasteiger partial charge in [-0.3, -0.25) is 9.35 Å². The van der Waals surface area contributed by atoms with E-state index < -0.39 is 20.7 Å². The van der Waals surface area contributed by atoms with Crippen molar-refractivity contribution in [3.63, 3.8) is 0 Å². The minimum absolute atomic E-state index is 0.530. The van der Waals surface area contributed by atoms with E-state index in [9.17, 15) is 13.2 Å². The molecular formula is C11H11Cl2N3O4S. The van der Waals surface area contributed by atoms with Crippen molar-refractivity contribution in [2.45, 2.75) is 5.03 Å². The van der Waals surface area contributed by atoms with Crippen LogP contribution in [0.15, 0.2) is 40.2 Å². The second kappa shape index (κ2) is 7.41. The summed E-state index contributed by atoms with van der Waals surface area (Å²) in [5.41, 5.74) is 0.437. The number of nitrogens with one attached hydrogen (secondary N) is 2. The van der Waals surface area contributed by atoms with Crippen LogP contribution < -0.4 is 10.9 Å². The maximum Gasteiger partial charge on any atom is 0.313 e. The molecule has 0 radical (unpaired) electrons. The van der Waals surface area contributed by atoms with Gasteiger partial charge < -0.3 is 5.32 Å². The van der Waals surface area contributed by atoms with Gasteiger partial charge in [-0.1, -0.05) is 23.2 Å². The van der Waals surface area contributed by atoms with Crippen molar-refractivity contribution in [3.05, 3.63) is 50.7 Å². The van der Waals surface area contributed by atoms with Crippen LogP contribution in [0.4, 0.5) is 5.69 Å². The molecule has 1 aromatic carbocycles. The van der Waals surface area contributed by atoms with Crippen molar-refractivity contribution in [1.29, 1.82) is 0 Å². The third-order valence-electron chi connectivity index (χ3n) is 2.13. The Kier molecular flexibility index (Phi) is 6.16. The van der Waals surface area contributed by atoms with Gasteiger partial charge in [-0.15, -0.1) is 0 Å². The van der Waals surface area contributed by atoms with E-state index in [2.05, 4.69) is 10.4 Å². The van der Waals surface area contributed by atoms with Crippen LogP contribution >= 0.6 is 23.2 Å². The van der Waals surface area contributed by atoms with Crippen molar-refractivity contribution in [2.24, 2.45) is 0 Å². The lowest BCUT2D eigenvalue weighted by molar-refractivity contribution is 0.477. The van der Waals surface area contributed by atoms with Crippen LogP contribution in [-0.4, -0.2) is 30.2 Å². The Morgan fingerprint density at radius 3 is 2.29 bits per heavy atom. The number of H-pyrrole nitrogens is 1. The fourth-order valence-electron chi connectivity index (χ4n) is 1.13. The predicted octanol–water partition coefficient (Wildman–Crippen LogP) is 2.05. The van der Waals surface area contributed by atoms with Gasteiger partial charge in [0.05, 0.1) is 10.0 Å². The first-order chi connectivity index (χ1) is 9.74. The molecule has 0 bridgehead atoms. The number of anilines is 1. The van der Waals surface area contributed by atoms with Crippen molar-refractivity contribution in [2.75, 3.05) is 12.4 Å². The van der Waals surface area contributed by atoms with Gasteiger partial charge in [-0.25, -0.2) is 5.10 Å². The second-order valence-electron chi connectivity index (χ2n) is 3.61. The summed E-state index contributed by atoms with van der Waals surface area (Å²) in [5, 5.41) is 8.48. The maximum absolute atomic E-state index is 10.4. The Hall–Kier alpha value is -1.61. The Morgan fingerprint density at radius 1 is 1.19 bits per heavy atom. The molecule has 0 aliphatic heterocycles. The molecule has 10 heteroatoms. The quantitative estimate of drug-likeness (QED) is 0.713. The normalized spacial score (nSPS) is 10.5. The topological polar surface area (TPSA) is 112 Å². The highest BCUT2D eigenvalue weighted by Gasteiger charge is 2.09. The zero-order valence-corrected chi connectivity index (χ0v) is 13.0. The Morgan fingerprint density at radius 2 is 1.86 bits per heavy atom. The summed E-state index contributed by atoms with van der Waals surface area (Å²) in [7, 11) is -2.47. The number of nitrogens with zero attached hydrogens (tertiary/aromatic N) is 1. The van der Waals surface area contributed by atoms with Crippen LogP contribution in [-0.2, 0) is 10.1 Å². The van der Waals surface area contributed by atoms with E-state index in [1.807, 2.05) is 18.2 Å². The summed E-state index contributed by atoms with van der Waals surface area (Å²) in [6.07, 6.45) is 0. The molecule has 2 aromatic rings. The molecular weight excluding hydrogens is 341 g/mol. The Balaban J connectivity index is 0.000000211. The molecule has 7 nitrogen and oxygen atoms in total. The molecule has 0 unspecified atom stereocenters. The summed E-state index contributed by atoms with van der Waals surface area (Å²) in [4.78, 5) is 10.4. The molecule has 0 saturated carbocycles. The van der Waals surface area contributed by atoms with E-state index in [0.717, 1.165) is 17.8 Å². The van der Waals surface area contributed by atoms with Gasteiger partial charge in [0.15, 0.2) is 0 Å². The van der Waals surface area contributed by atoms with Crippen molar-refractivity contribution in [1.82, 2.24) is 10.2 Å². The number of hydrogen-bond acceptors (Lipinski definition) is 5. The maximum atomic E-state index is 10.4. The minimum atomic E-state index is -4.30. The summed E-state index contributed by atoms with van der Waals surface area (Å²) >= 11 is 11.4. The number of rotatable bonds is 2. The van der Waals surface area contributed by atoms with Crippen LogP contribution in [0.5, 0.6) is 0 Å². The highest BCUT2D eigenvalue weighted by atomic mass is 35.5. The lowest BCUT2D eigenvalue weighted by atomic mass is 10.3. The van der Waals surface area contributed by atoms with E-state index in [0.29, 0.717) is 10.0 Å². The number of aromatic amines is 1. The molecule has 0 aliphatic rings. The van der Waals surface area contributed by atoms with Gasteiger partial charge in [0.1, 0.15) is 0 Å². The smallest absolute Gasteiger partial charge is 0.313 e. The van der Waals surface area contributed by atoms with Gasteiger partial charge in [-0.2, -0.15) is 13.5 Å². The summed E-state index contributed by atoms with van der Waals surface area (Å²) in [6, 6.07) is 7.28. The van der Waals surface area contributed by atoms with E-state index in [1.54, 1.807) is 12.1 Å². The zero-order valence-electron chi connectivity index (χ0n) is 10.7. The van der Waals surface area contributed by atoms with Crippen LogP contribution in [0.3, 0.4) is 0 Å². The zero-order chi connectivity index (χ0) is 16.0. The van der Waals surface area contributed by atoms with Crippen molar-refractivity contribution < 1.29 is 13.0 Å². The SMILES string of the molecule is CNc1ccc(Cl)c(Cl)c1.O=c1ccc(S(=O)(=O)O)n[nH]1. The molecule has 1 aromatic heterocycles. The molecule has 3 N–H and O–H groups in total. The molecule has 21 heavy (non-hydrogen) atoms. The number of hydrogen-bond donors (Lipinski definition) is 3. The molecule has 0 spiro atoms. The highest BCUT2D eigenvalue weighted by Crippen LogP contribution is 2.24. The highest BCUT2D eigenvalue weighted by molar-refractivity contribution is 7.85. The first kappa shape index (κ1) is 17.4. The largest absolute Gasteiger partial charge is 0.388 e. The van der Waals surface area contributed by atoms with Crippen LogP contribution in [0.1, 0.15) is 0 Å².